The van der Waals surface area contributed by atoms with Crippen molar-refractivity contribution in [1.82, 2.24) is 10.2 Å². The van der Waals surface area contributed by atoms with Crippen LogP contribution in [-0.2, 0) is 21.0 Å². The lowest BCUT2D eigenvalue weighted by Crippen LogP contribution is -2.69. The molecule has 11 nitrogen and oxygen atoms in total. The lowest BCUT2D eigenvalue weighted by atomic mass is 9.55. The highest BCUT2D eigenvalue weighted by Gasteiger charge is 2.65. The van der Waals surface area contributed by atoms with Crippen LogP contribution in [0.5, 0.6) is 11.5 Å². The number of likely N-dealkylation sites (N-methyl/N-ethyl adjacent to an activating group) is 1. The molecule has 0 aromatic heterocycles. The summed E-state index contributed by atoms with van der Waals surface area (Å²) in [5.41, 5.74) is 3.65. The smallest absolute Gasteiger partial charge is 0.412 e. The number of oxime groups is 1. The van der Waals surface area contributed by atoms with Gasteiger partial charge in [-0.1, -0.05) is 151 Å². The van der Waals surface area contributed by atoms with Crippen LogP contribution in [0.4, 0.5) is 4.79 Å². The van der Waals surface area contributed by atoms with E-state index in [1.54, 1.807) is 12.1 Å². The number of ether oxygens (including phenoxy) is 3. The number of fused-ring (bicyclic) bond motifs is 2. The Balaban J connectivity index is 1.34. The summed E-state index contributed by atoms with van der Waals surface area (Å²) in [7, 11) is 1.89. The van der Waals surface area contributed by atoms with Gasteiger partial charge >= 0.3 is 6.09 Å². The third-order valence-electron chi connectivity index (χ3n) is 15.0. The van der Waals surface area contributed by atoms with E-state index in [1.807, 2.05) is 54.4 Å². The first-order valence-electron chi connectivity index (χ1n) is 26.3. The van der Waals surface area contributed by atoms with Gasteiger partial charge in [0.25, 0.3) is 0 Å². The van der Waals surface area contributed by atoms with Crippen LogP contribution >= 0.6 is 0 Å². The first-order chi connectivity index (χ1) is 32.8. The molecule has 0 radical (unpaired) electrons. The summed E-state index contributed by atoms with van der Waals surface area (Å²) in [6.45, 7) is 7.55. The van der Waals surface area contributed by atoms with Crippen molar-refractivity contribution in [3.8, 4) is 11.5 Å². The Morgan fingerprint density at radius 1 is 0.896 bits per heavy atom. The van der Waals surface area contributed by atoms with Crippen molar-refractivity contribution in [3.05, 3.63) is 84.0 Å². The number of nitrogens with one attached hydrogen (secondary N) is 1. The Kier molecular flexibility index (Phi) is 21.6. The summed E-state index contributed by atoms with van der Waals surface area (Å²) in [5, 5.41) is 27.9. The molecule has 2 amide bonds. The molecule has 6 unspecified atom stereocenters. The number of allylic oxidation sites excluding steroid dienone is 1. The van der Waals surface area contributed by atoms with Crippen LogP contribution < -0.4 is 14.8 Å². The molecule has 1 aliphatic heterocycles. The Morgan fingerprint density at radius 2 is 1.60 bits per heavy atom. The minimum absolute atomic E-state index is 0.0474. The van der Waals surface area contributed by atoms with Gasteiger partial charge in [-0.2, -0.15) is 0 Å². The summed E-state index contributed by atoms with van der Waals surface area (Å²) in [4.78, 5) is 35.9. The molecule has 0 saturated heterocycles. The molecule has 2 aromatic rings. The van der Waals surface area contributed by atoms with Gasteiger partial charge in [0, 0.05) is 51.1 Å². The second kappa shape index (κ2) is 27.7. The van der Waals surface area contributed by atoms with Gasteiger partial charge in [-0.15, -0.1) is 6.58 Å². The molecule has 2 aromatic carbocycles. The van der Waals surface area contributed by atoms with E-state index >= 15 is 0 Å². The molecule has 3 N–H and O–H groups in total. The Hall–Kier alpha value is -4.19. The number of amides is 2. The fraction of sp³-hybridized carbons (Fsp3) is 0.661. The molecular weight excluding hydrogens is 843 g/mol. The molecule has 6 rings (SSSR count). The predicted molar refractivity (Wildman–Crippen MR) is 266 cm³/mol. The van der Waals surface area contributed by atoms with Gasteiger partial charge in [0.1, 0.15) is 24.1 Å². The summed E-state index contributed by atoms with van der Waals surface area (Å²) >= 11 is 0. The van der Waals surface area contributed by atoms with E-state index in [1.165, 1.54) is 77.0 Å². The van der Waals surface area contributed by atoms with Gasteiger partial charge in [-0.05, 0) is 85.6 Å². The molecule has 2 saturated carbocycles. The average Bonchev–Trinajstić information content (AvgIpc) is 3.87. The van der Waals surface area contributed by atoms with E-state index in [0.29, 0.717) is 49.6 Å². The van der Waals surface area contributed by atoms with Gasteiger partial charge in [-0.3, -0.25) is 4.79 Å². The number of carbonyl (C=O) groups excluding carboxylic acids is 2. The third kappa shape index (κ3) is 14.4. The monoisotopic (exact) mass is 926 g/mol. The zero-order chi connectivity index (χ0) is 47.3. The number of aliphatic hydroxyl groups is 2. The first kappa shape index (κ1) is 52.2. The normalized spacial score (nSPS) is 23.7. The van der Waals surface area contributed by atoms with Crippen molar-refractivity contribution in [2.45, 2.75) is 179 Å². The molecular formula is C56H83N3O8. The van der Waals surface area contributed by atoms with Gasteiger partial charge in [0.15, 0.2) is 0 Å². The topological polar surface area (TPSA) is 139 Å². The quantitative estimate of drug-likeness (QED) is 0.0400. The summed E-state index contributed by atoms with van der Waals surface area (Å²) in [5.74, 6) is -0.166. The van der Waals surface area contributed by atoms with Crippen molar-refractivity contribution in [2.75, 3.05) is 33.4 Å². The minimum atomic E-state index is -1.33. The number of hydrogen-bond acceptors (Lipinski definition) is 9. The Bertz CT molecular complexity index is 1880. The van der Waals surface area contributed by atoms with Crippen LogP contribution in [0, 0.1) is 23.7 Å². The molecule has 11 heteroatoms. The number of unbranched alkanes of at least 4 members (excludes halogenated alkanes) is 11. The SMILES string of the molecule is C=CCOC12Oc3ccc(OC(=O)NCCCCCCCCCCCC)cc3C3C(CCCCO)C(CCCCO)C=C(C(=NOCc4ccccc4)CC1N(C)C(=O)CCC1CCCC1)C32. The van der Waals surface area contributed by atoms with Crippen molar-refractivity contribution in [3.63, 3.8) is 0 Å². The van der Waals surface area contributed by atoms with Gasteiger partial charge < -0.3 is 39.5 Å². The largest absolute Gasteiger partial charge is 0.459 e. The molecule has 6 atom stereocenters. The molecule has 3 aliphatic carbocycles. The number of benzene rings is 2. The highest BCUT2D eigenvalue weighted by atomic mass is 16.7. The molecule has 1 heterocycles. The van der Waals surface area contributed by atoms with Crippen LogP contribution in [0.3, 0.4) is 0 Å². The lowest BCUT2D eigenvalue weighted by Gasteiger charge is -2.59. The van der Waals surface area contributed by atoms with Crippen LogP contribution in [-0.4, -0.2) is 78.1 Å². The summed E-state index contributed by atoms with van der Waals surface area (Å²) < 4.78 is 20.4. The maximum absolute atomic E-state index is 14.5. The van der Waals surface area contributed by atoms with Crippen LogP contribution in [0.1, 0.15) is 172 Å². The zero-order valence-electron chi connectivity index (χ0n) is 41.0. The highest BCUT2D eigenvalue weighted by molar-refractivity contribution is 6.03. The van der Waals surface area contributed by atoms with Crippen LogP contribution in [0.2, 0.25) is 0 Å². The number of hydrogen-bond donors (Lipinski definition) is 3. The minimum Gasteiger partial charge on any atom is -0.459 e. The van der Waals surface area contributed by atoms with Gasteiger partial charge in [0.05, 0.1) is 18.2 Å². The maximum Gasteiger partial charge on any atom is 0.412 e. The number of nitrogens with zero attached hydrogens (tertiary/aromatic N) is 2. The number of carbonyl (C=O) groups is 2. The predicted octanol–water partition coefficient (Wildman–Crippen LogP) is 12.0. The highest BCUT2D eigenvalue weighted by Crippen LogP contribution is 2.62. The lowest BCUT2D eigenvalue weighted by molar-refractivity contribution is -0.255. The molecule has 0 spiro atoms. The number of aliphatic hydroxyl groups excluding tert-OH is 2. The van der Waals surface area contributed by atoms with Crippen molar-refractivity contribution >= 4 is 17.7 Å². The molecule has 370 valence electrons. The summed E-state index contributed by atoms with van der Waals surface area (Å²) in [6, 6.07) is 15.1. The number of rotatable bonds is 30. The summed E-state index contributed by atoms with van der Waals surface area (Å²) in [6.07, 6.45) is 26.9. The van der Waals surface area contributed by atoms with Crippen molar-refractivity contribution < 1.29 is 38.9 Å². The standard InChI is InChI=1S/C56H83N3O8/c1-4-6-7-8-9-10-11-12-13-21-34-57-55(63)66-45-31-32-50-48(39-45)53-46(29-20-23-36-61)44(28-19-22-35-60)38-47-49(58-65-41-43-26-15-14-16-27-43)40-51(56(67-50,54(47)53)64-37-5-2)59(3)52(62)33-30-42-24-17-18-25-42/h5,14-16,26-27,31-32,38-39,42,44,46,51,53-54,60-61H,2,4,6-13,17-25,28-30,33-37,40-41H2,1,3H3,(H,57,63). The van der Waals surface area contributed by atoms with E-state index in [-0.39, 0.29) is 50.1 Å². The van der Waals surface area contributed by atoms with Crippen LogP contribution in [0.15, 0.2) is 78.0 Å². The van der Waals surface area contributed by atoms with E-state index in [0.717, 1.165) is 67.4 Å². The van der Waals surface area contributed by atoms with E-state index in [2.05, 4.69) is 24.9 Å². The van der Waals surface area contributed by atoms with Crippen molar-refractivity contribution in [2.24, 2.45) is 28.8 Å². The second-order valence-corrected chi connectivity index (χ2v) is 19.7. The molecule has 2 fully saturated rings. The first-order valence-corrected chi connectivity index (χ1v) is 26.3. The second-order valence-electron chi connectivity index (χ2n) is 19.7. The van der Waals surface area contributed by atoms with Gasteiger partial charge in [0.2, 0.25) is 11.7 Å². The Morgan fingerprint density at radius 3 is 2.30 bits per heavy atom. The molecule has 0 bridgehead atoms. The average molecular weight is 926 g/mol. The fourth-order valence-corrected chi connectivity index (χ4v) is 11.5. The van der Waals surface area contributed by atoms with Gasteiger partial charge in [-0.25, -0.2) is 4.79 Å². The Labute approximate surface area is 402 Å². The van der Waals surface area contributed by atoms with E-state index in [9.17, 15) is 19.8 Å². The third-order valence-corrected chi connectivity index (χ3v) is 15.0. The molecule has 4 aliphatic rings. The maximum atomic E-state index is 14.5. The fourth-order valence-electron chi connectivity index (χ4n) is 11.5. The van der Waals surface area contributed by atoms with E-state index in [4.69, 9.17) is 24.2 Å². The zero-order valence-corrected chi connectivity index (χ0v) is 41.0. The van der Waals surface area contributed by atoms with Crippen LogP contribution in [0.25, 0.3) is 0 Å². The molecule has 67 heavy (non-hydrogen) atoms. The van der Waals surface area contributed by atoms with Crippen molar-refractivity contribution in [1.29, 1.82) is 0 Å². The van der Waals surface area contributed by atoms with E-state index < -0.39 is 23.8 Å².